The third-order valence-corrected chi connectivity index (χ3v) is 10.8. The Kier molecular flexibility index (Phi) is 6.24. The minimum atomic E-state index is 0.581. The number of anilines is 3. The molecule has 0 spiro atoms. The van der Waals surface area contributed by atoms with Gasteiger partial charge in [0.2, 0.25) is 5.89 Å². The zero-order chi connectivity index (χ0) is 36.0. The van der Waals surface area contributed by atoms with E-state index in [0.29, 0.717) is 11.5 Å². The van der Waals surface area contributed by atoms with Gasteiger partial charge in [-0.3, -0.25) is 0 Å². The van der Waals surface area contributed by atoms with Crippen molar-refractivity contribution >= 4 is 93.8 Å². The summed E-state index contributed by atoms with van der Waals surface area (Å²) in [5.74, 6) is 0.581. The fourth-order valence-electron chi connectivity index (χ4n) is 8.44. The molecule has 0 aliphatic heterocycles. The molecule has 8 aromatic carbocycles. The standard InChI is InChI=1S/C49H29N3O3/c1-3-13-30(14-4-1)49-50-37-26-28-44-46(48(37)55-49)35-19-11-23-41(47(35)54-44)52(32-25-27-43-36(29-32)33-17-8-10-24-42(33)53-43)40-22-12-21-39-45(40)34-18-7-9-20-38(34)51(39)31-15-5-2-6-16-31/h1-29H. The number of furan rings is 2. The van der Waals surface area contributed by atoms with E-state index in [-0.39, 0.29) is 0 Å². The first-order valence-electron chi connectivity index (χ1n) is 18.4. The lowest BCUT2D eigenvalue weighted by atomic mass is 10.1. The summed E-state index contributed by atoms with van der Waals surface area (Å²) in [5.41, 5.74) is 11.9. The Labute approximate surface area is 313 Å². The third-order valence-electron chi connectivity index (χ3n) is 10.8. The summed E-state index contributed by atoms with van der Waals surface area (Å²) < 4.78 is 22.1. The van der Waals surface area contributed by atoms with E-state index in [1.165, 1.54) is 0 Å². The second kappa shape index (κ2) is 11.5. The number of para-hydroxylation sites is 4. The average molecular weight is 708 g/mol. The van der Waals surface area contributed by atoms with Crippen molar-refractivity contribution in [1.29, 1.82) is 0 Å². The highest BCUT2D eigenvalue weighted by molar-refractivity contribution is 6.21. The highest BCUT2D eigenvalue weighted by atomic mass is 16.4. The van der Waals surface area contributed by atoms with Gasteiger partial charge in [0.15, 0.2) is 11.2 Å². The predicted molar refractivity (Wildman–Crippen MR) is 223 cm³/mol. The number of aromatic nitrogens is 2. The molecule has 12 aromatic rings. The third kappa shape index (κ3) is 4.39. The molecule has 4 heterocycles. The van der Waals surface area contributed by atoms with Gasteiger partial charge in [-0.1, -0.05) is 91.0 Å². The summed E-state index contributed by atoms with van der Waals surface area (Å²) in [5, 5.41) is 6.27. The summed E-state index contributed by atoms with van der Waals surface area (Å²) in [4.78, 5) is 7.22. The van der Waals surface area contributed by atoms with Crippen LogP contribution < -0.4 is 4.90 Å². The van der Waals surface area contributed by atoms with Crippen molar-refractivity contribution in [2.75, 3.05) is 4.90 Å². The lowest BCUT2D eigenvalue weighted by molar-refractivity contribution is 0.622. The van der Waals surface area contributed by atoms with Crippen LogP contribution in [0, 0.1) is 0 Å². The number of benzene rings is 8. The molecule has 0 bridgehead atoms. The van der Waals surface area contributed by atoms with Crippen molar-refractivity contribution in [2.24, 2.45) is 0 Å². The van der Waals surface area contributed by atoms with Crippen molar-refractivity contribution in [3.05, 3.63) is 176 Å². The molecule has 0 atom stereocenters. The Morgan fingerprint density at radius 3 is 2.02 bits per heavy atom. The second-order valence-electron chi connectivity index (χ2n) is 13.9. The minimum absolute atomic E-state index is 0.581. The van der Waals surface area contributed by atoms with Crippen LogP contribution in [0.5, 0.6) is 0 Å². The Morgan fingerprint density at radius 1 is 0.436 bits per heavy atom. The monoisotopic (exact) mass is 707 g/mol. The quantitative estimate of drug-likeness (QED) is 0.178. The molecule has 6 nitrogen and oxygen atoms in total. The molecule has 0 saturated heterocycles. The van der Waals surface area contributed by atoms with Gasteiger partial charge in [0.25, 0.3) is 0 Å². The molecule has 4 aromatic heterocycles. The summed E-state index contributed by atoms with van der Waals surface area (Å²) in [6, 6.07) is 60.8. The van der Waals surface area contributed by atoms with Crippen LogP contribution in [-0.4, -0.2) is 9.55 Å². The lowest BCUT2D eigenvalue weighted by Crippen LogP contribution is -2.10. The van der Waals surface area contributed by atoms with E-state index in [1.54, 1.807) is 0 Å². The second-order valence-corrected chi connectivity index (χ2v) is 13.9. The predicted octanol–water partition coefficient (Wildman–Crippen LogP) is 13.9. The maximum atomic E-state index is 6.89. The van der Waals surface area contributed by atoms with Gasteiger partial charge < -0.3 is 22.7 Å². The molecule has 12 rings (SSSR count). The van der Waals surface area contributed by atoms with Crippen molar-refractivity contribution in [3.8, 4) is 17.1 Å². The maximum Gasteiger partial charge on any atom is 0.227 e. The molecule has 0 unspecified atom stereocenters. The van der Waals surface area contributed by atoms with Crippen LogP contribution in [0.15, 0.2) is 189 Å². The highest BCUT2D eigenvalue weighted by Crippen LogP contribution is 2.48. The Balaban J connectivity index is 1.17. The summed E-state index contributed by atoms with van der Waals surface area (Å²) in [6.07, 6.45) is 0. The highest BCUT2D eigenvalue weighted by Gasteiger charge is 2.26. The van der Waals surface area contributed by atoms with Gasteiger partial charge in [-0.2, -0.15) is 0 Å². The number of rotatable bonds is 5. The van der Waals surface area contributed by atoms with E-state index in [4.69, 9.17) is 18.2 Å². The Morgan fingerprint density at radius 2 is 1.13 bits per heavy atom. The zero-order valence-electron chi connectivity index (χ0n) is 29.3. The summed E-state index contributed by atoms with van der Waals surface area (Å²) in [7, 11) is 0. The molecular formula is C49H29N3O3. The van der Waals surface area contributed by atoms with Crippen LogP contribution in [0.4, 0.5) is 17.1 Å². The smallest absolute Gasteiger partial charge is 0.227 e. The largest absolute Gasteiger partial charge is 0.456 e. The molecule has 55 heavy (non-hydrogen) atoms. The van der Waals surface area contributed by atoms with Crippen LogP contribution in [0.3, 0.4) is 0 Å². The SMILES string of the molecule is c1ccc(-c2nc3ccc4oc5c(N(c6ccc7oc8ccccc8c7c6)c6cccc7c6c6ccccc6n7-c6ccccc6)cccc5c4c3o2)cc1. The molecule has 6 heteroatoms. The van der Waals surface area contributed by atoms with Gasteiger partial charge in [0.1, 0.15) is 22.3 Å². The number of hydrogen-bond donors (Lipinski definition) is 0. The van der Waals surface area contributed by atoms with Gasteiger partial charge in [-0.05, 0) is 84.9 Å². The first-order valence-corrected chi connectivity index (χ1v) is 18.4. The fourth-order valence-corrected chi connectivity index (χ4v) is 8.44. The zero-order valence-corrected chi connectivity index (χ0v) is 29.3. The molecule has 0 saturated carbocycles. The maximum absolute atomic E-state index is 6.89. The molecule has 0 N–H and O–H groups in total. The van der Waals surface area contributed by atoms with E-state index >= 15 is 0 Å². The summed E-state index contributed by atoms with van der Waals surface area (Å²) in [6.45, 7) is 0. The van der Waals surface area contributed by atoms with Gasteiger partial charge in [0, 0.05) is 43.9 Å². The Bertz CT molecular complexity index is 3440. The van der Waals surface area contributed by atoms with Crippen LogP contribution in [0.2, 0.25) is 0 Å². The lowest BCUT2D eigenvalue weighted by Gasteiger charge is -2.26. The van der Waals surface area contributed by atoms with Crippen LogP contribution >= 0.6 is 0 Å². The van der Waals surface area contributed by atoms with Crippen molar-refractivity contribution in [3.63, 3.8) is 0 Å². The molecule has 0 amide bonds. The molecular weight excluding hydrogens is 679 g/mol. The van der Waals surface area contributed by atoms with Crippen LogP contribution in [0.1, 0.15) is 0 Å². The van der Waals surface area contributed by atoms with Gasteiger partial charge in [0.05, 0.1) is 27.8 Å². The Hall–Kier alpha value is -7.57. The minimum Gasteiger partial charge on any atom is -0.456 e. The van der Waals surface area contributed by atoms with E-state index in [1.807, 2.05) is 54.6 Å². The topological polar surface area (TPSA) is 60.5 Å². The first kappa shape index (κ1) is 29.9. The van der Waals surface area contributed by atoms with E-state index in [2.05, 4.69) is 131 Å². The van der Waals surface area contributed by atoms with E-state index in [9.17, 15) is 0 Å². The van der Waals surface area contributed by atoms with E-state index < -0.39 is 0 Å². The number of hydrogen-bond acceptors (Lipinski definition) is 5. The van der Waals surface area contributed by atoms with Gasteiger partial charge >= 0.3 is 0 Å². The van der Waals surface area contributed by atoms with Gasteiger partial charge in [-0.15, -0.1) is 0 Å². The van der Waals surface area contributed by atoms with Crippen LogP contribution in [0.25, 0.3) is 93.9 Å². The molecule has 0 aliphatic rings. The van der Waals surface area contributed by atoms with Crippen molar-refractivity contribution < 1.29 is 13.3 Å². The summed E-state index contributed by atoms with van der Waals surface area (Å²) >= 11 is 0. The number of fused-ring (bicyclic) bond motifs is 11. The number of oxazole rings is 1. The first-order chi connectivity index (χ1) is 27.3. The average Bonchev–Trinajstić information content (AvgIpc) is 4.02. The van der Waals surface area contributed by atoms with Crippen molar-refractivity contribution in [1.82, 2.24) is 9.55 Å². The normalized spacial score (nSPS) is 12.0. The molecule has 0 aliphatic carbocycles. The molecule has 258 valence electrons. The van der Waals surface area contributed by atoms with E-state index in [0.717, 1.165) is 99.5 Å². The fraction of sp³-hybridized carbons (Fsp3) is 0. The molecule has 0 fully saturated rings. The molecule has 0 radical (unpaired) electrons. The van der Waals surface area contributed by atoms with Gasteiger partial charge in [-0.25, -0.2) is 4.98 Å². The number of nitrogens with zero attached hydrogens (tertiary/aromatic N) is 3. The van der Waals surface area contributed by atoms with Crippen molar-refractivity contribution in [2.45, 2.75) is 0 Å². The van der Waals surface area contributed by atoms with Crippen LogP contribution in [-0.2, 0) is 0 Å².